The number of halogens is 3. The Balaban J connectivity index is 0.000001000. The molecule has 0 fully saturated rings. The third-order valence-electron chi connectivity index (χ3n) is 1.07. The summed E-state index contributed by atoms with van der Waals surface area (Å²) in [7, 11) is 0. The van der Waals surface area contributed by atoms with Gasteiger partial charge in [-0.3, -0.25) is 0 Å². The highest BCUT2D eigenvalue weighted by atomic mass is 35.5. The summed E-state index contributed by atoms with van der Waals surface area (Å²) in [5, 5.41) is 0.877. The van der Waals surface area contributed by atoms with Crippen LogP contribution >= 0.6 is 23.2 Å². The Morgan fingerprint density at radius 2 is 1.91 bits per heavy atom. The lowest BCUT2D eigenvalue weighted by molar-refractivity contribution is -0.635. The second kappa shape index (κ2) is 4.67. The monoisotopic (exact) mass is 213 g/mol. The molecule has 62 valence electrons. The van der Waals surface area contributed by atoms with Crippen LogP contribution < -0.4 is 23.1 Å². The fraction of sp³-hybridized carbons (Fsp3) is 0. The Labute approximate surface area is 80.6 Å². The number of benzene rings is 1. The van der Waals surface area contributed by atoms with Crippen molar-refractivity contribution >= 4 is 23.2 Å². The lowest BCUT2D eigenvalue weighted by atomic mass is 10.3. The van der Waals surface area contributed by atoms with Crippen molar-refractivity contribution in [1.82, 2.24) is 0 Å². The predicted octanol–water partition coefficient (Wildman–Crippen LogP) is -1.47. The van der Waals surface area contributed by atoms with Crippen molar-refractivity contribution in [3.8, 4) is 5.75 Å². The van der Waals surface area contributed by atoms with Crippen molar-refractivity contribution in [1.29, 1.82) is 0 Å². The molecule has 0 unspecified atom stereocenters. The molecule has 0 bridgehead atoms. The molecule has 1 rings (SSSR count). The van der Waals surface area contributed by atoms with Gasteiger partial charge in [0.1, 0.15) is 5.02 Å². The van der Waals surface area contributed by atoms with Crippen molar-refractivity contribution in [3.63, 3.8) is 0 Å². The third kappa shape index (κ3) is 2.42. The minimum atomic E-state index is 0. The van der Waals surface area contributed by atoms with Gasteiger partial charge in [0, 0.05) is 0 Å². The normalized spacial score (nSPS) is 8.64. The average Bonchev–Trinajstić information content (AvgIpc) is 1.95. The lowest BCUT2D eigenvalue weighted by Gasteiger charge is -1.98. The summed E-state index contributed by atoms with van der Waals surface area (Å²) >= 11 is 11.3. The van der Waals surface area contributed by atoms with Crippen molar-refractivity contribution in [3.05, 3.63) is 28.2 Å². The molecule has 0 aromatic heterocycles. The lowest BCUT2D eigenvalue weighted by Crippen LogP contribution is -3.00. The largest absolute Gasteiger partial charge is 1.00 e. The van der Waals surface area contributed by atoms with E-state index in [2.05, 4.69) is 10.7 Å². The van der Waals surface area contributed by atoms with Crippen LogP contribution in [0.25, 0.3) is 0 Å². The van der Waals surface area contributed by atoms with Gasteiger partial charge in [0.25, 0.3) is 0 Å². The van der Waals surface area contributed by atoms with Crippen molar-refractivity contribution in [2.45, 2.75) is 0 Å². The van der Waals surface area contributed by atoms with E-state index < -0.39 is 0 Å². The zero-order valence-corrected chi connectivity index (χ0v) is 7.75. The maximum absolute atomic E-state index is 5.70. The zero-order chi connectivity index (χ0) is 7.56. The van der Waals surface area contributed by atoms with Crippen LogP contribution in [0.3, 0.4) is 0 Å². The fourth-order valence-corrected chi connectivity index (χ4v) is 0.942. The number of rotatable bonds is 1. The van der Waals surface area contributed by atoms with E-state index in [1.165, 1.54) is 0 Å². The molecule has 0 aliphatic carbocycles. The highest BCUT2D eigenvalue weighted by Crippen LogP contribution is 2.30. The van der Waals surface area contributed by atoms with E-state index >= 15 is 0 Å². The highest BCUT2D eigenvalue weighted by molar-refractivity contribution is 6.42. The van der Waals surface area contributed by atoms with Gasteiger partial charge in [-0.15, -0.1) is 0 Å². The van der Waals surface area contributed by atoms with Gasteiger partial charge >= 0.3 is 0 Å². The first-order valence-electron chi connectivity index (χ1n) is 2.61. The second-order valence-corrected chi connectivity index (χ2v) is 2.48. The number of quaternary nitrogens is 1. The average molecular weight is 214 g/mol. The first-order chi connectivity index (χ1) is 4.75. The summed E-state index contributed by atoms with van der Waals surface area (Å²) in [6, 6.07) is 5.13. The standard InChI is InChI=1S/C6H6Cl2NO.ClH/c7-4-2-1-3-5(10-9)6(4)8;/h1-3H,9H3;1H/q+1;/p-1. The zero-order valence-electron chi connectivity index (χ0n) is 5.48. The minimum Gasteiger partial charge on any atom is -1.00 e. The number of hydrogen-bond donors (Lipinski definition) is 1. The number of hydrogen-bond acceptors (Lipinski definition) is 1. The molecule has 0 amide bonds. The smallest absolute Gasteiger partial charge is 0.209 e. The fourth-order valence-electron chi connectivity index (χ4n) is 0.595. The minimum absolute atomic E-state index is 0. The maximum Gasteiger partial charge on any atom is 0.209 e. The van der Waals surface area contributed by atoms with Gasteiger partial charge in [0.15, 0.2) is 0 Å². The molecule has 1 aromatic carbocycles. The second-order valence-electron chi connectivity index (χ2n) is 1.70. The molecule has 0 aliphatic rings. The van der Waals surface area contributed by atoms with Crippen LogP contribution in [0.2, 0.25) is 10.0 Å². The van der Waals surface area contributed by atoms with E-state index in [4.69, 9.17) is 23.2 Å². The Morgan fingerprint density at radius 1 is 1.27 bits per heavy atom. The first-order valence-corrected chi connectivity index (χ1v) is 3.37. The summed E-state index contributed by atoms with van der Waals surface area (Å²) < 4.78 is 0. The van der Waals surface area contributed by atoms with Crippen molar-refractivity contribution in [2.75, 3.05) is 0 Å². The molecule has 11 heavy (non-hydrogen) atoms. The maximum atomic E-state index is 5.70. The molecular weight excluding hydrogens is 208 g/mol. The Kier molecular flexibility index (Phi) is 4.61. The van der Waals surface area contributed by atoms with Crippen LogP contribution in [-0.4, -0.2) is 0 Å². The van der Waals surface area contributed by atoms with Crippen LogP contribution in [0, 0.1) is 0 Å². The summed E-state index contributed by atoms with van der Waals surface area (Å²) in [4.78, 5) is 4.66. The summed E-state index contributed by atoms with van der Waals surface area (Å²) in [5.41, 5.74) is 0. The van der Waals surface area contributed by atoms with E-state index in [9.17, 15) is 0 Å². The van der Waals surface area contributed by atoms with Gasteiger partial charge in [-0.1, -0.05) is 29.3 Å². The van der Waals surface area contributed by atoms with Gasteiger partial charge in [-0.25, -0.2) is 0 Å². The summed E-state index contributed by atoms with van der Waals surface area (Å²) in [6.07, 6.45) is 0. The molecule has 2 nitrogen and oxygen atoms in total. The van der Waals surface area contributed by atoms with Crippen LogP contribution in [0.15, 0.2) is 18.2 Å². The molecule has 0 radical (unpaired) electrons. The topological polar surface area (TPSA) is 36.9 Å². The van der Waals surface area contributed by atoms with Gasteiger partial charge in [-0.05, 0) is 12.1 Å². The summed E-state index contributed by atoms with van der Waals surface area (Å²) in [6.45, 7) is 0. The van der Waals surface area contributed by atoms with E-state index in [0.717, 1.165) is 0 Å². The molecule has 1 aromatic rings. The van der Waals surface area contributed by atoms with E-state index in [1.54, 1.807) is 18.2 Å². The summed E-state index contributed by atoms with van der Waals surface area (Å²) in [5.74, 6) is 3.71. The van der Waals surface area contributed by atoms with E-state index in [0.29, 0.717) is 15.8 Å². The third-order valence-corrected chi connectivity index (χ3v) is 1.87. The van der Waals surface area contributed by atoms with Gasteiger partial charge in [0.2, 0.25) is 5.75 Å². The van der Waals surface area contributed by atoms with Crippen LogP contribution in [-0.2, 0) is 0 Å². The van der Waals surface area contributed by atoms with Crippen molar-refractivity contribution in [2.24, 2.45) is 0 Å². The highest BCUT2D eigenvalue weighted by Gasteiger charge is 2.04. The molecule has 3 N–H and O–H groups in total. The van der Waals surface area contributed by atoms with E-state index in [-0.39, 0.29) is 12.4 Å². The van der Waals surface area contributed by atoms with Crippen molar-refractivity contribution < 1.29 is 23.1 Å². The molecule has 0 saturated carbocycles. The molecule has 0 aliphatic heterocycles. The van der Waals surface area contributed by atoms with Gasteiger partial charge in [-0.2, -0.15) is 5.90 Å². The predicted molar refractivity (Wildman–Crippen MR) is 40.0 cm³/mol. The molecule has 0 heterocycles. The molecule has 0 spiro atoms. The molecule has 0 saturated heterocycles. The van der Waals surface area contributed by atoms with Crippen LogP contribution in [0.1, 0.15) is 0 Å². The molecular formula is C6H6Cl3NO. The van der Waals surface area contributed by atoms with Gasteiger partial charge < -0.3 is 17.2 Å². The van der Waals surface area contributed by atoms with Gasteiger partial charge in [0.05, 0.1) is 5.02 Å². The molecule has 0 atom stereocenters. The van der Waals surface area contributed by atoms with Crippen LogP contribution in [0.4, 0.5) is 0 Å². The SMILES string of the molecule is [Cl-].[NH3+]Oc1cccc(Cl)c1Cl. The quantitative estimate of drug-likeness (QED) is 0.570. The Morgan fingerprint density at radius 3 is 2.36 bits per heavy atom. The Hall–Kier alpha value is -0.150. The van der Waals surface area contributed by atoms with E-state index in [1.807, 2.05) is 0 Å². The van der Waals surface area contributed by atoms with Crippen LogP contribution in [0.5, 0.6) is 5.75 Å². The Bertz CT molecular complexity index is 241. The molecule has 5 heteroatoms. The first kappa shape index (κ1) is 10.8.